The molecular formula is C57H60N6O6. The molecule has 0 spiro atoms. The average molecular weight is 925 g/mol. The quantitative estimate of drug-likeness (QED) is 0.0811. The van der Waals surface area contributed by atoms with Gasteiger partial charge in [-0.2, -0.15) is 15.0 Å². The zero-order valence-electron chi connectivity index (χ0n) is 40.6. The molecule has 0 heterocycles. The fraction of sp³-hybridized carbons (Fsp3) is 0.211. The van der Waals surface area contributed by atoms with Crippen LogP contribution in [0.4, 0.5) is 48.5 Å². The summed E-state index contributed by atoms with van der Waals surface area (Å²) < 4.78 is 17.8. The molecule has 0 aliphatic heterocycles. The maximum absolute atomic E-state index is 14.2. The lowest BCUT2D eigenvalue weighted by molar-refractivity contribution is 0.0578. The van der Waals surface area contributed by atoms with Crippen LogP contribution >= 0.6 is 0 Å². The minimum atomic E-state index is -0.842. The van der Waals surface area contributed by atoms with Gasteiger partial charge >= 0.3 is 18.3 Å². The van der Waals surface area contributed by atoms with Gasteiger partial charge in [0.15, 0.2) is 0 Å². The molecule has 7 aromatic rings. The zero-order chi connectivity index (χ0) is 49.3. The number of carbonyl (C=O) groups is 3. The summed E-state index contributed by atoms with van der Waals surface area (Å²) in [7, 11) is 0. The minimum absolute atomic E-state index is 0.368. The van der Waals surface area contributed by atoms with Gasteiger partial charge in [0.05, 0.1) is 34.1 Å². The van der Waals surface area contributed by atoms with E-state index < -0.39 is 35.1 Å². The molecule has 69 heavy (non-hydrogen) atoms. The van der Waals surface area contributed by atoms with Crippen molar-refractivity contribution in [1.29, 1.82) is 0 Å². The molecule has 0 saturated carbocycles. The molecule has 0 atom stereocenters. The van der Waals surface area contributed by atoms with E-state index in [4.69, 9.17) is 14.2 Å². The van der Waals surface area contributed by atoms with Crippen LogP contribution in [0.5, 0.6) is 0 Å². The maximum atomic E-state index is 14.2. The van der Waals surface area contributed by atoms with Gasteiger partial charge in [0.25, 0.3) is 0 Å². The molecule has 354 valence electrons. The summed E-state index contributed by atoms with van der Waals surface area (Å²) in [5.74, 6) is 0. The first-order valence-corrected chi connectivity index (χ1v) is 22.8. The van der Waals surface area contributed by atoms with Gasteiger partial charge in [0.1, 0.15) is 16.8 Å². The van der Waals surface area contributed by atoms with Gasteiger partial charge < -0.3 is 14.2 Å². The number of nitrogens with zero attached hydrogens (tertiary/aromatic N) is 3. The number of benzene rings is 7. The van der Waals surface area contributed by atoms with E-state index in [0.29, 0.717) is 34.1 Å². The smallest absolute Gasteiger partial charge is 0.433 e. The highest BCUT2D eigenvalue weighted by Crippen LogP contribution is 2.33. The molecule has 0 radical (unpaired) electrons. The van der Waals surface area contributed by atoms with E-state index >= 15 is 0 Å². The lowest BCUT2D eigenvalue weighted by Gasteiger charge is -2.31. The summed E-state index contributed by atoms with van der Waals surface area (Å²) in [5.41, 5.74) is 15.8. The normalized spacial score (nSPS) is 11.4. The summed E-state index contributed by atoms with van der Waals surface area (Å²) >= 11 is 0. The number of hydrazine groups is 3. The van der Waals surface area contributed by atoms with Crippen molar-refractivity contribution >= 4 is 52.4 Å². The van der Waals surface area contributed by atoms with E-state index in [2.05, 4.69) is 16.3 Å². The Morgan fingerprint density at radius 1 is 0.319 bits per heavy atom. The van der Waals surface area contributed by atoms with Crippen LogP contribution in [0.2, 0.25) is 0 Å². The Morgan fingerprint density at radius 3 is 0.725 bits per heavy atom. The van der Waals surface area contributed by atoms with Crippen molar-refractivity contribution < 1.29 is 28.6 Å². The predicted octanol–water partition coefficient (Wildman–Crippen LogP) is 15.0. The van der Waals surface area contributed by atoms with E-state index in [1.54, 1.807) is 80.5 Å². The number of ether oxygens (including phenoxy) is 3. The number of carbonyl (C=O) groups excluding carboxylic acids is 3. The van der Waals surface area contributed by atoms with Crippen LogP contribution in [0.15, 0.2) is 182 Å². The molecule has 12 nitrogen and oxygen atoms in total. The Kier molecular flexibility index (Phi) is 14.6. The Hall–Kier alpha value is -8.25. The number of hydrogen-bond donors (Lipinski definition) is 3. The highest BCUT2D eigenvalue weighted by molar-refractivity contribution is 5.94. The van der Waals surface area contributed by atoms with Gasteiger partial charge in [-0.25, -0.2) is 14.4 Å². The molecular weight excluding hydrogens is 865 g/mol. The number of amides is 3. The molecule has 7 rings (SSSR count). The number of nitrogens with one attached hydrogen (secondary N) is 3. The minimum Gasteiger partial charge on any atom is -0.442 e. The average Bonchev–Trinajstić information content (AvgIpc) is 3.31. The fourth-order valence-corrected chi connectivity index (χ4v) is 7.08. The van der Waals surface area contributed by atoms with Gasteiger partial charge in [0, 0.05) is 0 Å². The van der Waals surface area contributed by atoms with Crippen molar-refractivity contribution in [2.75, 3.05) is 31.3 Å². The van der Waals surface area contributed by atoms with Crippen LogP contribution in [0.1, 0.15) is 62.3 Å². The van der Waals surface area contributed by atoms with Crippen LogP contribution in [-0.4, -0.2) is 35.1 Å². The van der Waals surface area contributed by atoms with Crippen molar-refractivity contribution in [2.45, 2.75) is 79.1 Å². The van der Waals surface area contributed by atoms with Crippen molar-refractivity contribution in [3.05, 3.63) is 182 Å². The molecule has 0 bridgehead atoms. The van der Waals surface area contributed by atoms with Crippen molar-refractivity contribution in [3.63, 3.8) is 0 Å². The standard InChI is InChI=1S/C57H60N6O6/c1-55(2,3)67-52(64)61(49-31-25-43(26-32-49)40-19-13-10-14-20-40)58-46-37-47(59-62(53(65)68-56(4,5)6)50-33-27-44(28-34-50)41-21-15-11-16-22-41)39-48(38-46)60-63(54(66)69-57(7,8)9)51-35-29-45(30-36-51)42-23-17-12-18-24-42/h10-39,58-60H,1-9H3. The van der Waals surface area contributed by atoms with Crippen LogP contribution < -0.4 is 31.3 Å². The van der Waals surface area contributed by atoms with E-state index in [-0.39, 0.29) is 0 Å². The first-order valence-electron chi connectivity index (χ1n) is 22.8. The maximum Gasteiger partial charge on any atom is 0.433 e. The Labute approximate surface area is 405 Å². The summed E-state index contributed by atoms with van der Waals surface area (Å²) in [6, 6.07) is 57.5. The molecule has 0 aromatic heterocycles. The number of anilines is 6. The van der Waals surface area contributed by atoms with Gasteiger partial charge in [-0.15, -0.1) is 0 Å². The molecule has 12 heteroatoms. The van der Waals surface area contributed by atoms with Gasteiger partial charge in [0.2, 0.25) is 0 Å². The molecule has 0 unspecified atom stereocenters. The predicted molar refractivity (Wildman–Crippen MR) is 279 cm³/mol. The summed E-state index contributed by atoms with van der Waals surface area (Å²) in [6.45, 7) is 16.2. The number of hydrogen-bond acceptors (Lipinski definition) is 9. The fourth-order valence-electron chi connectivity index (χ4n) is 7.08. The van der Waals surface area contributed by atoms with E-state index in [0.717, 1.165) is 33.4 Å². The van der Waals surface area contributed by atoms with Crippen LogP contribution in [0.3, 0.4) is 0 Å². The van der Waals surface area contributed by atoms with E-state index in [1.807, 2.05) is 164 Å². The monoisotopic (exact) mass is 924 g/mol. The van der Waals surface area contributed by atoms with Crippen molar-refractivity contribution in [1.82, 2.24) is 0 Å². The van der Waals surface area contributed by atoms with Gasteiger partial charge in [-0.1, -0.05) is 127 Å². The summed E-state index contributed by atoms with van der Waals surface area (Å²) in [5, 5.41) is 3.93. The first kappa shape index (κ1) is 48.7. The summed E-state index contributed by atoms with van der Waals surface area (Å²) in [4.78, 5) is 42.6. The Morgan fingerprint density at radius 2 is 0.522 bits per heavy atom. The van der Waals surface area contributed by atoms with E-state index in [9.17, 15) is 14.4 Å². The van der Waals surface area contributed by atoms with Crippen LogP contribution in [0, 0.1) is 0 Å². The highest BCUT2D eigenvalue weighted by Gasteiger charge is 2.28. The number of rotatable bonds is 12. The summed E-state index contributed by atoms with van der Waals surface area (Å²) in [6.07, 6.45) is -2.03. The molecule has 7 aromatic carbocycles. The Bertz CT molecular complexity index is 2500. The first-order chi connectivity index (χ1) is 32.8. The third-order valence-electron chi connectivity index (χ3n) is 10.1. The molecule has 3 N–H and O–H groups in total. The second-order valence-corrected chi connectivity index (χ2v) is 19.3. The second-order valence-electron chi connectivity index (χ2n) is 19.3. The molecule has 0 saturated heterocycles. The largest absolute Gasteiger partial charge is 0.442 e. The second kappa shape index (κ2) is 20.7. The molecule has 0 aliphatic carbocycles. The molecule has 0 aliphatic rings. The molecule has 0 fully saturated rings. The zero-order valence-corrected chi connectivity index (χ0v) is 40.6. The molecule has 3 amide bonds. The van der Waals surface area contributed by atoms with Gasteiger partial charge in [-0.05, 0) is 150 Å². The Balaban J connectivity index is 1.33. The lowest BCUT2D eigenvalue weighted by atomic mass is 10.1. The highest BCUT2D eigenvalue weighted by atomic mass is 16.6. The SMILES string of the molecule is CC(C)(C)OC(=O)N(Nc1cc(NN(C(=O)OC(C)(C)C)c2ccc(-c3ccccc3)cc2)cc(NN(C(=O)OC(C)(C)C)c2ccc(-c3ccccc3)cc2)c1)c1ccc(-c2ccccc2)cc1. The van der Waals surface area contributed by atoms with Crippen LogP contribution in [0.25, 0.3) is 33.4 Å². The van der Waals surface area contributed by atoms with Crippen molar-refractivity contribution in [3.8, 4) is 33.4 Å². The van der Waals surface area contributed by atoms with E-state index in [1.165, 1.54) is 15.0 Å². The third-order valence-corrected chi connectivity index (χ3v) is 10.1. The lowest BCUT2D eigenvalue weighted by Crippen LogP contribution is -2.42. The third kappa shape index (κ3) is 13.7. The van der Waals surface area contributed by atoms with Gasteiger partial charge in [-0.3, -0.25) is 16.3 Å². The van der Waals surface area contributed by atoms with Crippen molar-refractivity contribution in [2.24, 2.45) is 0 Å². The topological polar surface area (TPSA) is 125 Å². The van der Waals surface area contributed by atoms with Crippen LogP contribution in [-0.2, 0) is 14.2 Å².